The molecule has 1 rings (SSSR count). The molecule has 1 aromatic rings. The first-order valence-electron chi connectivity index (χ1n) is 3.12. The first kappa shape index (κ1) is 9.86. The number of rotatable bonds is 1. The molecule has 0 aliphatic heterocycles. The van der Waals surface area contributed by atoms with Gasteiger partial charge >= 0.3 is 0 Å². The van der Waals surface area contributed by atoms with Gasteiger partial charge in [0.15, 0.2) is 0 Å². The zero-order valence-corrected chi connectivity index (χ0v) is 8.46. The Hall–Kier alpha value is -0.220. The van der Waals surface area contributed by atoms with Crippen LogP contribution in [0.2, 0.25) is 5.02 Å². The van der Waals surface area contributed by atoms with Crippen LogP contribution in [0, 0.1) is 6.92 Å². The van der Waals surface area contributed by atoms with Crippen LogP contribution in [0.5, 0.6) is 0 Å². The van der Waals surface area contributed by atoms with Crippen molar-refractivity contribution >= 4 is 27.5 Å². The number of pyridine rings is 1. The lowest BCUT2D eigenvalue weighted by atomic mass is 10.2. The van der Waals surface area contributed by atoms with Gasteiger partial charge in [-0.3, -0.25) is 4.98 Å². The zero-order chi connectivity index (χ0) is 9.30. The average molecular weight is 256 g/mol. The zero-order valence-electron chi connectivity index (χ0n) is 6.11. The van der Waals surface area contributed by atoms with Crippen LogP contribution >= 0.6 is 27.5 Å². The quantitative estimate of drug-likeness (QED) is 0.746. The third-order valence-electron chi connectivity index (χ3n) is 1.40. The molecule has 1 nitrogen and oxygen atoms in total. The highest BCUT2D eigenvalue weighted by atomic mass is 79.9. The molecule has 0 aliphatic rings. The van der Waals surface area contributed by atoms with Crippen LogP contribution in [0.15, 0.2) is 10.7 Å². The van der Waals surface area contributed by atoms with Crippen molar-refractivity contribution in [2.45, 2.75) is 13.3 Å². The predicted octanol–water partition coefficient (Wildman–Crippen LogP) is 3.74. The molecule has 12 heavy (non-hydrogen) atoms. The molecule has 1 heterocycles. The van der Waals surface area contributed by atoms with E-state index < -0.39 is 6.43 Å². The summed E-state index contributed by atoms with van der Waals surface area (Å²) in [6.07, 6.45) is -1.43. The van der Waals surface area contributed by atoms with Crippen LogP contribution in [0.4, 0.5) is 8.78 Å². The summed E-state index contributed by atoms with van der Waals surface area (Å²) in [5.74, 6) is 0. The van der Waals surface area contributed by atoms with Crippen LogP contribution in [0.25, 0.3) is 0 Å². The fraction of sp³-hybridized carbons (Fsp3) is 0.286. The van der Waals surface area contributed by atoms with Crippen molar-refractivity contribution in [1.29, 1.82) is 0 Å². The van der Waals surface area contributed by atoms with Crippen molar-refractivity contribution in [2.75, 3.05) is 0 Å². The Morgan fingerprint density at radius 2 is 2.17 bits per heavy atom. The molecule has 1 aromatic heterocycles. The third-order valence-corrected chi connectivity index (χ3v) is 2.94. The van der Waals surface area contributed by atoms with E-state index in [0.717, 1.165) is 6.20 Å². The van der Waals surface area contributed by atoms with Crippen molar-refractivity contribution < 1.29 is 8.78 Å². The van der Waals surface area contributed by atoms with Gasteiger partial charge in [-0.25, -0.2) is 8.78 Å². The highest BCUT2D eigenvalue weighted by molar-refractivity contribution is 9.10. The number of aryl methyl sites for hydroxylation is 1. The second-order valence-electron chi connectivity index (χ2n) is 2.23. The molecular formula is C7H5BrClF2N. The van der Waals surface area contributed by atoms with Crippen molar-refractivity contribution in [3.8, 4) is 0 Å². The number of hydrogen-bond donors (Lipinski definition) is 0. The molecule has 66 valence electrons. The van der Waals surface area contributed by atoms with Crippen LogP contribution < -0.4 is 0 Å². The van der Waals surface area contributed by atoms with E-state index in [4.69, 9.17) is 11.6 Å². The van der Waals surface area contributed by atoms with Crippen LogP contribution in [0.1, 0.15) is 17.7 Å². The SMILES string of the molecule is Cc1ncc(C(F)F)c(Br)c1Cl. The van der Waals surface area contributed by atoms with Crippen LogP contribution in [0.3, 0.4) is 0 Å². The molecule has 0 radical (unpaired) electrons. The van der Waals surface area contributed by atoms with Gasteiger partial charge in [-0.1, -0.05) is 11.6 Å². The molecule has 0 bridgehead atoms. The maximum absolute atomic E-state index is 12.2. The van der Waals surface area contributed by atoms with Gasteiger partial charge in [0.05, 0.1) is 16.3 Å². The van der Waals surface area contributed by atoms with Gasteiger partial charge in [-0.05, 0) is 22.9 Å². The van der Waals surface area contributed by atoms with Gasteiger partial charge in [0, 0.05) is 10.7 Å². The largest absolute Gasteiger partial charge is 0.266 e. The van der Waals surface area contributed by atoms with Gasteiger partial charge in [0.1, 0.15) is 0 Å². The first-order chi connectivity index (χ1) is 5.54. The van der Waals surface area contributed by atoms with E-state index >= 15 is 0 Å². The summed E-state index contributed by atoms with van der Waals surface area (Å²) in [7, 11) is 0. The van der Waals surface area contributed by atoms with Crippen LogP contribution in [-0.4, -0.2) is 4.98 Å². The molecule has 5 heteroatoms. The summed E-state index contributed by atoms with van der Waals surface area (Å²) in [5, 5.41) is 0.243. The average Bonchev–Trinajstić information content (AvgIpc) is 2.00. The minimum Gasteiger partial charge on any atom is -0.259 e. The molecule has 0 spiro atoms. The fourth-order valence-electron chi connectivity index (χ4n) is 0.717. The van der Waals surface area contributed by atoms with Crippen LogP contribution in [-0.2, 0) is 0 Å². The Bertz CT molecular complexity index is 304. The number of alkyl halides is 2. The summed E-state index contributed by atoms with van der Waals surface area (Å²) < 4.78 is 24.7. The Morgan fingerprint density at radius 3 is 2.67 bits per heavy atom. The minimum absolute atomic E-state index is 0.175. The molecule has 0 N–H and O–H groups in total. The van der Waals surface area contributed by atoms with Crippen molar-refractivity contribution in [1.82, 2.24) is 4.98 Å². The Balaban J connectivity index is 3.27. The van der Waals surface area contributed by atoms with E-state index in [1.807, 2.05) is 0 Å². The van der Waals surface area contributed by atoms with E-state index in [1.165, 1.54) is 0 Å². The Kier molecular flexibility index (Phi) is 3.01. The van der Waals surface area contributed by atoms with Gasteiger partial charge < -0.3 is 0 Å². The van der Waals surface area contributed by atoms with E-state index in [1.54, 1.807) is 6.92 Å². The summed E-state index contributed by atoms with van der Waals surface area (Å²) >= 11 is 8.66. The summed E-state index contributed by atoms with van der Waals surface area (Å²) in [6.45, 7) is 1.66. The lowest BCUT2D eigenvalue weighted by Crippen LogP contribution is -1.92. The molecule has 0 aliphatic carbocycles. The van der Waals surface area contributed by atoms with E-state index in [9.17, 15) is 8.78 Å². The summed E-state index contributed by atoms with van der Waals surface area (Å²) in [6, 6.07) is 0. The highest BCUT2D eigenvalue weighted by Crippen LogP contribution is 2.33. The number of aromatic nitrogens is 1. The van der Waals surface area contributed by atoms with Crippen molar-refractivity contribution in [3.63, 3.8) is 0 Å². The summed E-state index contributed by atoms with van der Waals surface area (Å²) in [5.41, 5.74) is 0.360. The maximum atomic E-state index is 12.2. The third kappa shape index (κ3) is 1.75. The molecule has 0 fully saturated rings. The monoisotopic (exact) mass is 255 g/mol. The molecule has 0 atom stereocenters. The minimum atomic E-state index is -2.55. The second kappa shape index (κ2) is 3.66. The molecule has 0 amide bonds. The van der Waals surface area contributed by atoms with Gasteiger partial charge in [0.2, 0.25) is 0 Å². The predicted molar refractivity (Wildman–Crippen MR) is 46.6 cm³/mol. The molecule has 0 aromatic carbocycles. The molecular weight excluding hydrogens is 251 g/mol. The lowest BCUT2D eigenvalue weighted by Gasteiger charge is -2.05. The van der Waals surface area contributed by atoms with Crippen molar-refractivity contribution in [2.24, 2.45) is 0 Å². The molecule has 0 unspecified atom stereocenters. The fourth-order valence-corrected chi connectivity index (χ4v) is 1.44. The lowest BCUT2D eigenvalue weighted by molar-refractivity contribution is 0.150. The first-order valence-corrected chi connectivity index (χ1v) is 4.29. The van der Waals surface area contributed by atoms with E-state index in [0.29, 0.717) is 5.69 Å². The van der Waals surface area contributed by atoms with E-state index in [-0.39, 0.29) is 15.1 Å². The highest BCUT2D eigenvalue weighted by Gasteiger charge is 2.15. The second-order valence-corrected chi connectivity index (χ2v) is 3.40. The molecule has 0 saturated carbocycles. The number of halogens is 4. The van der Waals surface area contributed by atoms with Gasteiger partial charge in [0.25, 0.3) is 6.43 Å². The topological polar surface area (TPSA) is 12.9 Å². The van der Waals surface area contributed by atoms with Gasteiger partial charge in [-0.2, -0.15) is 0 Å². The summed E-state index contributed by atoms with van der Waals surface area (Å²) in [4.78, 5) is 3.72. The normalized spacial score (nSPS) is 10.8. The molecule has 0 saturated heterocycles. The number of nitrogens with zero attached hydrogens (tertiary/aromatic N) is 1. The Morgan fingerprint density at radius 1 is 1.58 bits per heavy atom. The maximum Gasteiger partial charge on any atom is 0.266 e. The number of hydrogen-bond acceptors (Lipinski definition) is 1. The Labute approximate surface area is 81.9 Å². The van der Waals surface area contributed by atoms with Crippen molar-refractivity contribution in [3.05, 3.63) is 26.9 Å². The standard InChI is InChI=1S/C7H5BrClF2N/c1-3-6(9)5(8)4(2-12-3)7(10)11/h2,7H,1H3. The van der Waals surface area contributed by atoms with Gasteiger partial charge in [-0.15, -0.1) is 0 Å². The van der Waals surface area contributed by atoms with E-state index in [2.05, 4.69) is 20.9 Å². The smallest absolute Gasteiger partial charge is 0.259 e.